The van der Waals surface area contributed by atoms with Crippen molar-refractivity contribution in [3.05, 3.63) is 9.01 Å². The van der Waals surface area contributed by atoms with Crippen molar-refractivity contribution in [3.8, 4) is 0 Å². The molecule has 0 fully saturated rings. The monoisotopic (exact) mass is 160 g/mol. The Morgan fingerprint density at radius 2 is 2.11 bits per heavy atom. The molecule has 0 amide bonds. The summed E-state index contributed by atoms with van der Waals surface area (Å²) in [6.45, 7) is 0. The van der Waals surface area contributed by atoms with E-state index in [1.807, 2.05) is 0 Å². The minimum Gasteiger partial charge on any atom is -0.231 e. The van der Waals surface area contributed by atoms with Crippen molar-refractivity contribution in [3.63, 3.8) is 0 Å². The molecule has 2 N–H and O–H groups in total. The highest BCUT2D eigenvalue weighted by atomic mass is 32.3. The summed E-state index contributed by atoms with van der Waals surface area (Å²) in [7, 11) is -4.63. The molecule has 0 unspecified atom stereocenters. The Labute approximate surface area is 49.1 Å². The van der Waals surface area contributed by atoms with E-state index in [1.165, 1.54) is 0 Å². The zero-order valence-corrected chi connectivity index (χ0v) is 4.62. The summed E-state index contributed by atoms with van der Waals surface area (Å²) < 4.78 is 25.2. The quantitative estimate of drug-likeness (QED) is 0.300. The molecule has 9 heavy (non-hydrogen) atoms. The standard InChI is InChI=1S/HNO7S/c2-6-1-7-9(4,5)8-3/h1H/p+1. The topological polar surface area (TPSA) is 113 Å². The van der Waals surface area contributed by atoms with Gasteiger partial charge in [-0.2, -0.15) is 0 Å². The van der Waals surface area contributed by atoms with Gasteiger partial charge in [0.15, 0.2) is 0 Å². The Kier molecular flexibility index (Phi) is 3.19. The van der Waals surface area contributed by atoms with Crippen LogP contribution < -0.4 is 5.64 Å². The Bertz CT molecular complexity index is 165. The van der Waals surface area contributed by atoms with Gasteiger partial charge in [-0.15, -0.1) is 13.4 Å². The third-order valence-electron chi connectivity index (χ3n) is 0.257. The maximum Gasteiger partial charge on any atom is 0.744 e. The highest BCUT2D eigenvalue weighted by Crippen LogP contribution is 1.84. The lowest BCUT2D eigenvalue weighted by Crippen LogP contribution is -2.17. The molecule has 0 spiro atoms. The van der Waals surface area contributed by atoms with Gasteiger partial charge in [0, 0.05) is 0 Å². The van der Waals surface area contributed by atoms with E-state index < -0.39 is 10.4 Å². The van der Waals surface area contributed by atoms with Crippen molar-refractivity contribution in [1.82, 2.24) is 5.64 Å². The van der Waals surface area contributed by atoms with E-state index in [-0.39, 0.29) is 0 Å². The third kappa shape index (κ3) is 3.93. The van der Waals surface area contributed by atoms with Crippen LogP contribution in [0.5, 0.6) is 0 Å². The lowest BCUT2D eigenvalue weighted by atomic mass is 13.2. The zero-order valence-electron chi connectivity index (χ0n) is 3.80. The molecule has 9 heteroatoms. The van der Waals surface area contributed by atoms with Crippen LogP contribution in [0, 0.1) is 9.01 Å². The van der Waals surface area contributed by atoms with Crippen molar-refractivity contribution in [2.75, 3.05) is 0 Å². The summed E-state index contributed by atoms with van der Waals surface area (Å²) in [5.74, 6) is 0. The van der Waals surface area contributed by atoms with Gasteiger partial charge < -0.3 is 0 Å². The molecule has 0 heterocycles. The molecule has 0 aliphatic rings. The fraction of sp³-hybridized carbons (Fsp3) is 0. The van der Waals surface area contributed by atoms with Crippen molar-refractivity contribution < 1.29 is 22.9 Å². The molecule has 8 nitrogen and oxygen atoms in total. The normalized spacial score (nSPS) is 11.2. The van der Waals surface area contributed by atoms with Crippen LogP contribution in [0.15, 0.2) is 0 Å². The molecule has 0 aliphatic heterocycles. The highest BCUT2D eigenvalue weighted by Gasteiger charge is 2.28. The first-order chi connectivity index (χ1) is 4.12. The molecule has 0 aromatic heterocycles. The average Bonchev–Trinajstić information content (AvgIpc) is 1.84. The second kappa shape index (κ2) is 3.42. The van der Waals surface area contributed by atoms with Crippen molar-refractivity contribution >= 4 is 10.4 Å². The van der Waals surface area contributed by atoms with Crippen LogP contribution in [0.2, 0.25) is 0 Å². The Morgan fingerprint density at radius 3 is 2.44 bits per heavy atom. The number of hydrogen-bond donors (Lipinski definition) is 2. The fourth-order valence-corrected chi connectivity index (χ4v) is 0.212. The van der Waals surface area contributed by atoms with Crippen LogP contribution in [0.1, 0.15) is 0 Å². The van der Waals surface area contributed by atoms with E-state index >= 15 is 0 Å². The van der Waals surface area contributed by atoms with Crippen molar-refractivity contribution in [1.29, 1.82) is 0 Å². The second-order valence-electron chi connectivity index (χ2n) is 0.734. The molecule has 0 saturated carbocycles. The molecule has 0 radical (unpaired) electrons. The molecule has 0 aliphatic carbocycles. The zero-order chi connectivity index (χ0) is 7.33. The van der Waals surface area contributed by atoms with E-state index in [2.05, 4.69) is 13.3 Å². The van der Waals surface area contributed by atoms with Crippen LogP contribution >= 0.6 is 0 Å². The first-order valence-corrected chi connectivity index (χ1v) is 2.76. The first kappa shape index (κ1) is 8.39. The van der Waals surface area contributed by atoms with E-state index in [0.717, 1.165) is 5.64 Å². The van der Waals surface area contributed by atoms with Gasteiger partial charge in [-0.3, -0.25) is 0 Å². The molecule has 54 valence electrons. The minimum atomic E-state index is -4.63. The summed E-state index contributed by atoms with van der Waals surface area (Å²) in [5.41, 5.74) is 0.982. The lowest BCUT2D eigenvalue weighted by Gasteiger charge is -1.84. The smallest absolute Gasteiger partial charge is 0.231 e. The molecule has 0 saturated heterocycles. The Balaban J connectivity index is 3.75. The predicted octanol–water partition coefficient (Wildman–Crippen LogP) is -1.23. The average molecular weight is 160 g/mol. The molecule has 0 atom stereocenters. The predicted molar refractivity (Wildman–Crippen MR) is 23.6 cm³/mol. The highest BCUT2D eigenvalue weighted by molar-refractivity contribution is 7.88. The SMILES string of the molecule is O=[O+]S(=O)(=O)ONOO. The summed E-state index contributed by atoms with van der Waals surface area (Å²) in [5, 5.41) is 7.37. The van der Waals surface area contributed by atoms with Gasteiger partial charge in [0.25, 0.3) is 0 Å². The van der Waals surface area contributed by atoms with Crippen LogP contribution in [0.25, 0.3) is 0 Å². The Morgan fingerprint density at radius 1 is 1.56 bits per heavy atom. The van der Waals surface area contributed by atoms with Crippen LogP contribution in [0.4, 0.5) is 0 Å². The van der Waals surface area contributed by atoms with Crippen LogP contribution in [-0.2, 0) is 19.7 Å². The summed E-state index contributed by atoms with van der Waals surface area (Å²) >= 11 is 0. The maximum absolute atomic E-state index is 9.75. The van der Waals surface area contributed by atoms with Crippen molar-refractivity contribution in [2.45, 2.75) is 0 Å². The summed E-state index contributed by atoms with van der Waals surface area (Å²) in [6.07, 6.45) is 0. The molecule has 0 aromatic rings. The molecular formula is H2NO7S+. The van der Waals surface area contributed by atoms with Crippen molar-refractivity contribution in [2.24, 2.45) is 0 Å². The van der Waals surface area contributed by atoms with Gasteiger partial charge in [0.1, 0.15) is 0 Å². The molecular weight excluding hydrogens is 158 g/mol. The lowest BCUT2D eigenvalue weighted by molar-refractivity contribution is -0.345. The van der Waals surface area contributed by atoms with E-state index in [9.17, 15) is 8.42 Å². The molecule has 0 bridgehead atoms. The van der Waals surface area contributed by atoms with E-state index in [1.54, 1.807) is 0 Å². The minimum absolute atomic E-state index is 0.982. The van der Waals surface area contributed by atoms with Crippen LogP contribution in [0.3, 0.4) is 0 Å². The number of hydrogen-bond acceptors (Lipinski definition) is 7. The van der Waals surface area contributed by atoms with Gasteiger partial charge in [0.05, 0.1) is 0 Å². The first-order valence-electron chi connectivity index (χ1n) is 1.42. The molecule has 0 rings (SSSR count). The largest absolute Gasteiger partial charge is 0.744 e. The number of nitrogens with one attached hydrogen (secondary N) is 1. The van der Waals surface area contributed by atoms with E-state index in [4.69, 9.17) is 10.2 Å². The Hall–Kier alpha value is -0.610. The number of rotatable bonds is 4. The summed E-state index contributed by atoms with van der Waals surface area (Å²) in [4.78, 5) is 12.0. The van der Waals surface area contributed by atoms with E-state index in [0.29, 0.717) is 0 Å². The van der Waals surface area contributed by atoms with Gasteiger partial charge in [-0.1, -0.05) is 4.28 Å². The summed E-state index contributed by atoms with van der Waals surface area (Å²) in [6, 6.07) is 0. The second-order valence-corrected chi connectivity index (χ2v) is 1.85. The maximum atomic E-state index is 9.75. The van der Waals surface area contributed by atoms with Gasteiger partial charge >= 0.3 is 10.4 Å². The van der Waals surface area contributed by atoms with Gasteiger partial charge in [0.2, 0.25) is 9.01 Å². The fourth-order valence-electron chi connectivity index (χ4n) is 0.0708. The van der Waals surface area contributed by atoms with Crippen LogP contribution in [-0.4, -0.2) is 13.7 Å². The molecule has 0 aromatic carbocycles. The van der Waals surface area contributed by atoms with Gasteiger partial charge in [-0.05, 0) is 5.64 Å². The van der Waals surface area contributed by atoms with Gasteiger partial charge in [-0.25, -0.2) is 5.26 Å². The third-order valence-corrected chi connectivity index (χ3v) is 0.696.